The van der Waals surface area contributed by atoms with Gasteiger partial charge in [0, 0.05) is 19.7 Å². The highest BCUT2D eigenvalue weighted by molar-refractivity contribution is 7.91. The topological polar surface area (TPSA) is 94.0 Å². The van der Waals surface area contributed by atoms with Gasteiger partial charge in [0.1, 0.15) is 0 Å². The van der Waals surface area contributed by atoms with Crippen molar-refractivity contribution in [3.8, 4) is 11.4 Å². The van der Waals surface area contributed by atoms with Crippen LogP contribution in [0.1, 0.15) is 12.1 Å². The van der Waals surface area contributed by atoms with Gasteiger partial charge in [-0.05, 0) is 30.3 Å². The van der Waals surface area contributed by atoms with Gasteiger partial charge in [0.15, 0.2) is 9.84 Å². The summed E-state index contributed by atoms with van der Waals surface area (Å²) in [6.45, 7) is 0.227. The molecule has 0 radical (unpaired) electrons. The van der Waals surface area contributed by atoms with Crippen LogP contribution in [-0.2, 0) is 28.2 Å². The third kappa shape index (κ3) is 4.79. The first kappa shape index (κ1) is 18.8. The van der Waals surface area contributed by atoms with E-state index in [1.165, 1.54) is 12.1 Å². The molecular formula is C19H20N4O3S. The van der Waals surface area contributed by atoms with Crippen molar-refractivity contribution in [3.63, 3.8) is 0 Å². The maximum absolute atomic E-state index is 12.2. The zero-order chi connectivity index (χ0) is 19.3. The molecule has 2 aromatic heterocycles. The molecule has 2 heterocycles. The number of pyridine rings is 1. The highest BCUT2D eigenvalue weighted by atomic mass is 32.2. The Kier molecular flexibility index (Phi) is 5.66. The Morgan fingerprint density at radius 3 is 2.56 bits per heavy atom. The second kappa shape index (κ2) is 8.13. The van der Waals surface area contributed by atoms with Crippen molar-refractivity contribution in [1.82, 2.24) is 20.1 Å². The van der Waals surface area contributed by atoms with Crippen LogP contribution in [0.15, 0.2) is 65.7 Å². The fourth-order valence-corrected chi connectivity index (χ4v) is 3.88. The predicted octanol–water partition coefficient (Wildman–Crippen LogP) is 1.96. The molecule has 1 N–H and O–H groups in total. The molecule has 1 amide bonds. The summed E-state index contributed by atoms with van der Waals surface area (Å²) in [5, 5.41) is 7.07. The van der Waals surface area contributed by atoms with Crippen LogP contribution in [0.3, 0.4) is 0 Å². The number of sulfone groups is 1. The van der Waals surface area contributed by atoms with E-state index in [9.17, 15) is 13.2 Å². The predicted molar refractivity (Wildman–Crippen MR) is 101 cm³/mol. The molecule has 0 saturated heterocycles. The minimum absolute atomic E-state index is 0.100. The van der Waals surface area contributed by atoms with Crippen molar-refractivity contribution in [2.45, 2.75) is 17.9 Å². The maximum atomic E-state index is 12.2. The van der Waals surface area contributed by atoms with Crippen molar-refractivity contribution in [1.29, 1.82) is 0 Å². The van der Waals surface area contributed by atoms with Gasteiger partial charge in [-0.1, -0.05) is 24.3 Å². The van der Waals surface area contributed by atoms with Gasteiger partial charge in [-0.25, -0.2) is 8.42 Å². The Labute approximate surface area is 158 Å². The van der Waals surface area contributed by atoms with E-state index in [1.807, 2.05) is 31.3 Å². The van der Waals surface area contributed by atoms with Crippen molar-refractivity contribution in [2.24, 2.45) is 7.05 Å². The quantitative estimate of drug-likeness (QED) is 0.672. The smallest absolute Gasteiger partial charge is 0.221 e. The number of hydrogen-bond acceptors (Lipinski definition) is 5. The van der Waals surface area contributed by atoms with Crippen LogP contribution in [0, 0.1) is 0 Å². The first-order valence-corrected chi connectivity index (χ1v) is 10.1. The van der Waals surface area contributed by atoms with E-state index in [0.29, 0.717) is 5.69 Å². The number of aryl methyl sites for hydroxylation is 1. The Morgan fingerprint density at radius 2 is 1.85 bits per heavy atom. The molecule has 0 aliphatic rings. The molecule has 3 aromatic rings. The minimum atomic E-state index is -3.47. The molecule has 7 nitrogen and oxygen atoms in total. The van der Waals surface area contributed by atoms with Crippen LogP contribution >= 0.6 is 0 Å². The standard InChI is InChI=1S/C19H20N4O3S/c1-23-18(17-9-5-6-11-20-17)13-15(22-23)14-21-19(24)10-12-27(25,26)16-7-3-2-4-8-16/h2-9,11,13H,10,12,14H2,1H3,(H,21,24). The first-order chi connectivity index (χ1) is 13.0. The summed E-state index contributed by atoms with van der Waals surface area (Å²) in [6.07, 6.45) is 1.61. The lowest BCUT2D eigenvalue weighted by molar-refractivity contribution is -0.120. The molecule has 27 heavy (non-hydrogen) atoms. The summed E-state index contributed by atoms with van der Waals surface area (Å²) < 4.78 is 26.1. The Morgan fingerprint density at radius 1 is 1.11 bits per heavy atom. The summed E-state index contributed by atoms with van der Waals surface area (Å²) in [4.78, 5) is 16.5. The van der Waals surface area contributed by atoms with Gasteiger partial charge in [-0.3, -0.25) is 14.5 Å². The lowest BCUT2D eigenvalue weighted by Crippen LogP contribution is -2.25. The molecule has 0 aliphatic carbocycles. The first-order valence-electron chi connectivity index (χ1n) is 8.44. The van der Waals surface area contributed by atoms with Gasteiger partial charge in [0.25, 0.3) is 0 Å². The number of rotatable bonds is 7. The Balaban J connectivity index is 1.56. The average Bonchev–Trinajstić information content (AvgIpc) is 3.07. The second-order valence-corrected chi connectivity index (χ2v) is 8.13. The van der Waals surface area contributed by atoms with Crippen molar-refractivity contribution >= 4 is 15.7 Å². The zero-order valence-corrected chi connectivity index (χ0v) is 15.7. The largest absolute Gasteiger partial charge is 0.350 e. The zero-order valence-electron chi connectivity index (χ0n) is 14.9. The van der Waals surface area contributed by atoms with Gasteiger partial charge in [-0.2, -0.15) is 5.10 Å². The number of carbonyl (C=O) groups excluding carboxylic acids is 1. The van der Waals surface area contributed by atoms with E-state index < -0.39 is 9.84 Å². The number of hydrogen-bond donors (Lipinski definition) is 1. The van der Waals surface area contributed by atoms with Crippen LogP contribution in [-0.4, -0.2) is 34.8 Å². The summed E-state index contributed by atoms with van der Waals surface area (Å²) in [7, 11) is -1.66. The molecule has 0 aliphatic heterocycles. The molecule has 0 fully saturated rings. The molecule has 1 aromatic carbocycles. The lowest BCUT2D eigenvalue weighted by Gasteiger charge is -2.05. The van der Waals surface area contributed by atoms with Gasteiger partial charge < -0.3 is 5.32 Å². The van der Waals surface area contributed by atoms with Gasteiger partial charge in [-0.15, -0.1) is 0 Å². The van der Waals surface area contributed by atoms with Crippen molar-refractivity contribution in [3.05, 3.63) is 66.5 Å². The minimum Gasteiger partial charge on any atom is -0.350 e. The molecule has 3 rings (SSSR count). The van der Waals surface area contributed by atoms with E-state index in [1.54, 1.807) is 29.1 Å². The average molecular weight is 384 g/mol. The van der Waals surface area contributed by atoms with Crippen LogP contribution in [0.2, 0.25) is 0 Å². The third-order valence-electron chi connectivity index (χ3n) is 4.02. The molecule has 0 atom stereocenters. The number of amides is 1. The summed E-state index contributed by atoms with van der Waals surface area (Å²) in [6, 6.07) is 15.6. The number of nitrogens with one attached hydrogen (secondary N) is 1. The lowest BCUT2D eigenvalue weighted by atomic mass is 10.2. The fourth-order valence-electron chi connectivity index (χ4n) is 2.62. The summed E-state index contributed by atoms with van der Waals surface area (Å²) in [5.74, 6) is -0.566. The van der Waals surface area contributed by atoms with Gasteiger partial charge >= 0.3 is 0 Å². The van der Waals surface area contributed by atoms with E-state index in [0.717, 1.165) is 11.4 Å². The molecule has 0 spiro atoms. The third-order valence-corrected chi connectivity index (χ3v) is 5.76. The van der Waals surface area contributed by atoms with E-state index in [2.05, 4.69) is 15.4 Å². The number of benzene rings is 1. The number of nitrogens with zero attached hydrogens (tertiary/aromatic N) is 3. The fraction of sp³-hybridized carbons (Fsp3) is 0.211. The van der Waals surface area contributed by atoms with Crippen molar-refractivity contribution < 1.29 is 13.2 Å². The molecule has 0 bridgehead atoms. The Hall–Kier alpha value is -3.00. The van der Waals surface area contributed by atoms with Gasteiger partial charge in [0.05, 0.1) is 34.3 Å². The molecule has 0 saturated carbocycles. The highest BCUT2D eigenvalue weighted by Gasteiger charge is 2.16. The van der Waals surface area contributed by atoms with Crippen LogP contribution < -0.4 is 5.32 Å². The molecule has 0 unspecified atom stereocenters. The molecule has 8 heteroatoms. The van der Waals surface area contributed by atoms with Crippen molar-refractivity contribution in [2.75, 3.05) is 5.75 Å². The Bertz CT molecular complexity index is 1020. The monoisotopic (exact) mass is 384 g/mol. The van der Waals surface area contributed by atoms with E-state index in [-0.39, 0.29) is 29.5 Å². The molecular weight excluding hydrogens is 364 g/mol. The normalized spacial score (nSPS) is 11.3. The van der Waals surface area contributed by atoms with Crippen LogP contribution in [0.4, 0.5) is 0 Å². The van der Waals surface area contributed by atoms with Crippen LogP contribution in [0.25, 0.3) is 11.4 Å². The SMILES string of the molecule is Cn1nc(CNC(=O)CCS(=O)(=O)c2ccccc2)cc1-c1ccccn1. The molecule has 140 valence electrons. The number of carbonyl (C=O) groups is 1. The maximum Gasteiger partial charge on any atom is 0.221 e. The second-order valence-electron chi connectivity index (χ2n) is 6.02. The van der Waals surface area contributed by atoms with E-state index in [4.69, 9.17) is 0 Å². The van der Waals surface area contributed by atoms with E-state index >= 15 is 0 Å². The summed E-state index contributed by atoms with van der Waals surface area (Å²) >= 11 is 0. The van der Waals surface area contributed by atoms with Gasteiger partial charge in [0.2, 0.25) is 5.91 Å². The number of aromatic nitrogens is 3. The van der Waals surface area contributed by atoms with Crippen LogP contribution in [0.5, 0.6) is 0 Å². The highest BCUT2D eigenvalue weighted by Crippen LogP contribution is 2.17. The summed E-state index contributed by atoms with van der Waals surface area (Å²) in [5.41, 5.74) is 2.31.